The molecule has 1 aromatic heterocycles. The van der Waals surface area contributed by atoms with Gasteiger partial charge >= 0.3 is 0 Å². The molecule has 0 spiro atoms. The fourth-order valence-corrected chi connectivity index (χ4v) is 4.16. The van der Waals surface area contributed by atoms with Gasteiger partial charge in [0.2, 0.25) is 0 Å². The van der Waals surface area contributed by atoms with E-state index in [1.807, 2.05) is 0 Å². The van der Waals surface area contributed by atoms with Crippen LogP contribution < -0.4 is 10.0 Å². The minimum absolute atomic E-state index is 0.193. The average molecular weight is 397 g/mol. The Balaban J connectivity index is 1.80. The quantitative estimate of drug-likeness (QED) is 0.603. The van der Waals surface area contributed by atoms with Crippen LogP contribution in [0.4, 0.5) is 5.69 Å². The second kappa shape index (κ2) is 9.70. The monoisotopic (exact) mass is 396 g/mol. The van der Waals surface area contributed by atoms with Gasteiger partial charge in [-0.25, -0.2) is 8.42 Å². The van der Waals surface area contributed by atoms with Gasteiger partial charge in [0.15, 0.2) is 0 Å². The lowest BCUT2D eigenvalue weighted by molar-refractivity contribution is 0.0925. The van der Waals surface area contributed by atoms with Crippen molar-refractivity contribution in [2.75, 3.05) is 24.5 Å². The van der Waals surface area contributed by atoms with Crippen molar-refractivity contribution in [3.8, 4) is 0 Å². The van der Waals surface area contributed by atoms with E-state index in [0.29, 0.717) is 30.3 Å². The van der Waals surface area contributed by atoms with E-state index in [0.717, 1.165) is 24.4 Å². The van der Waals surface area contributed by atoms with E-state index in [9.17, 15) is 13.2 Å². The number of carbonyl (C=O) groups is 1. The highest BCUT2D eigenvalue weighted by atomic mass is 32.2. The van der Waals surface area contributed by atoms with Crippen LogP contribution in [0.2, 0.25) is 0 Å². The van der Waals surface area contributed by atoms with E-state index < -0.39 is 10.0 Å². The maximum Gasteiger partial charge on any atom is 0.271 e. The SMILES string of the molecule is CC(C)COCCCNC(=O)c1ccc(NS(=O)(=O)c2cccs2)cc1. The molecule has 26 heavy (non-hydrogen) atoms. The zero-order chi connectivity index (χ0) is 19.0. The van der Waals surface area contributed by atoms with Gasteiger partial charge in [0, 0.05) is 31.0 Å². The van der Waals surface area contributed by atoms with Gasteiger partial charge in [-0.3, -0.25) is 9.52 Å². The molecule has 142 valence electrons. The summed E-state index contributed by atoms with van der Waals surface area (Å²) in [6.07, 6.45) is 0.747. The molecule has 0 aliphatic rings. The zero-order valence-electron chi connectivity index (χ0n) is 14.9. The lowest BCUT2D eigenvalue weighted by Crippen LogP contribution is -2.25. The molecule has 0 aliphatic carbocycles. The first-order chi connectivity index (χ1) is 12.4. The summed E-state index contributed by atoms with van der Waals surface area (Å²) in [5.74, 6) is 0.307. The van der Waals surface area contributed by atoms with E-state index in [1.165, 1.54) is 0 Å². The fraction of sp³-hybridized carbons (Fsp3) is 0.389. The molecule has 1 amide bonds. The number of rotatable bonds is 10. The number of ether oxygens (including phenoxy) is 1. The molecular weight excluding hydrogens is 372 g/mol. The number of anilines is 1. The Morgan fingerprint density at radius 1 is 1.19 bits per heavy atom. The second-order valence-corrected chi connectivity index (χ2v) is 9.05. The summed E-state index contributed by atoms with van der Waals surface area (Å²) in [7, 11) is -3.58. The normalized spacial score (nSPS) is 11.5. The summed E-state index contributed by atoms with van der Waals surface area (Å²) >= 11 is 1.15. The first kappa shape index (κ1) is 20.4. The van der Waals surface area contributed by atoms with Crippen LogP contribution in [0.3, 0.4) is 0 Å². The summed E-state index contributed by atoms with van der Waals surface area (Å²) in [4.78, 5) is 12.1. The maximum absolute atomic E-state index is 12.2. The molecule has 6 nitrogen and oxygen atoms in total. The topological polar surface area (TPSA) is 84.5 Å². The van der Waals surface area contributed by atoms with E-state index in [1.54, 1.807) is 41.8 Å². The first-order valence-electron chi connectivity index (χ1n) is 8.41. The lowest BCUT2D eigenvalue weighted by atomic mass is 10.2. The highest BCUT2D eigenvalue weighted by Gasteiger charge is 2.15. The highest BCUT2D eigenvalue weighted by Crippen LogP contribution is 2.20. The van der Waals surface area contributed by atoms with E-state index in [-0.39, 0.29) is 10.1 Å². The predicted molar refractivity (Wildman–Crippen MR) is 104 cm³/mol. The van der Waals surface area contributed by atoms with Gasteiger partial charge in [-0.05, 0) is 48.1 Å². The predicted octanol–water partition coefficient (Wildman–Crippen LogP) is 3.34. The molecule has 0 aliphatic heterocycles. The van der Waals surface area contributed by atoms with E-state index >= 15 is 0 Å². The zero-order valence-corrected chi connectivity index (χ0v) is 16.5. The second-order valence-electron chi connectivity index (χ2n) is 6.19. The Kier molecular flexibility index (Phi) is 7.62. The third kappa shape index (κ3) is 6.44. The van der Waals surface area contributed by atoms with Gasteiger partial charge < -0.3 is 10.1 Å². The van der Waals surface area contributed by atoms with Crippen molar-refractivity contribution in [1.82, 2.24) is 5.32 Å². The van der Waals surface area contributed by atoms with Crippen molar-refractivity contribution < 1.29 is 17.9 Å². The lowest BCUT2D eigenvalue weighted by Gasteiger charge is -2.09. The molecule has 0 radical (unpaired) electrons. The number of sulfonamides is 1. The van der Waals surface area contributed by atoms with Gasteiger partial charge in [-0.1, -0.05) is 19.9 Å². The van der Waals surface area contributed by atoms with Gasteiger partial charge in [-0.2, -0.15) is 0 Å². The summed E-state index contributed by atoms with van der Waals surface area (Å²) in [5.41, 5.74) is 0.893. The molecule has 8 heteroatoms. The molecule has 0 unspecified atom stereocenters. The molecule has 0 fully saturated rings. The van der Waals surface area contributed by atoms with E-state index in [2.05, 4.69) is 23.9 Å². The number of carbonyl (C=O) groups excluding carboxylic acids is 1. The Morgan fingerprint density at radius 3 is 2.54 bits per heavy atom. The summed E-state index contributed by atoms with van der Waals surface area (Å²) in [5, 5.41) is 4.53. The Hall–Kier alpha value is -1.90. The Morgan fingerprint density at radius 2 is 1.92 bits per heavy atom. The van der Waals surface area contributed by atoms with Crippen LogP contribution in [0, 0.1) is 5.92 Å². The van der Waals surface area contributed by atoms with Crippen molar-refractivity contribution in [3.63, 3.8) is 0 Å². The summed E-state index contributed by atoms with van der Waals surface area (Å²) in [6, 6.07) is 9.56. The van der Waals surface area contributed by atoms with Crippen LogP contribution in [0.5, 0.6) is 0 Å². The van der Waals surface area contributed by atoms with Crippen LogP contribution in [-0.4, -0.2) is 34.1 Å². The molecular formula is C18H24N2O4S2. The number of thiophene rings is 1. The highest BCUT2D eigenvalue weighted by molar-refractivity contribution is 7.94. The molecule has 2 rings (SSSR count). The fourth-order valence-electron chi connectivity index (χ4n) is 2.11. The minimum atomic E-state index is -3.58. The number of hydrogen-bond donors (Lipinski definition) is 2. The van der Waals surface area contributed by atoms with Gasteiger partial charge in [0.25, 0.3) is 15.9 Å². The van der Waals surface area contributed by atoms with Crippen molar-refractivity contribution in [3.05, 3.63) is 47.3 Å². The van der Waals surface area contributed by atoms with Crippen LogP contribution in [0.25, 0.3) is 0 Å². The number of amides is 1. The third-order valence-electron chi connectivity index (χ3n) is 3.36. The van der Waals surface area contributed by atoms with Crippen molar-refractivity contribution in [2.45, 2.75) is 24.5 Å². The molecule has 1 heterocycles. The van der Waals surface area contributed by atoms with Crippen molar-refractivity contribution >= 4 is 33.0 Å². The standard InChI is InChI=1S/C18H24N2O4S2/c1-14(2)13-24-11-4-10-19-18(21)15-6-8-16(9-7-15)20-26(22,23)17-5-3-12-25-17/h3,5-9,12,14,20H,4,10-11,13H2,1-2H3,(H,19,21). The average Bonchev–Trinajstić information content (AvgIpc) is 3.13. The maximum atomic E-state index is 12.2. The smallest absolute Gasteiger partial charge is 0.271 e. The van der Waals surface area contributed by atoms with Gasteiger partial charge in [0.1, 0.15) is 4.21 Å². The molecule has 0 saturated heterocycles. The van der Waals surface area contributed by atoms with Crippen LogP contribution in [-0.2, 0) is 14.8 Å². The Labute approximate surface area is 158 Å². The summed E-state index contributed by atoms with van der Waals surface area (Å²) < 4.78 is 32.5. The number of benzene rings is 1. The molecule has 2 N–H and O–H groups in total. The van der Waals surface area contributed by atoms with Crippen LogP contribution in [0.15, 0.2) is 46.0 Å². The number of hydrogen-bond acceptors (Lipinski definition) is 5. The molecule has 0 atom stereocenters. The van der Waals surface area contributed by atoms with Gasteiger partial charge in [-0.15, -0.1) is 11.3 Å². The summed E-state index contributed by atoms with van der Waals surface area (Å²) in [6.45, 7) is 6.04. The molecule has 1 aromatic carbocycles. The van der Waals surface area contributed by atoms with Crippen molar-refractivity contribution in [1.29, 1.82) is 0 Å². The largest absolute Gasteiger partial charge is 0.381 e. The molecule has 2 aromatic rings. The third-order valence-corrected chi connectivity index (χ3v) is 6.14. The minimum Gasteiger partial charge on any atom is -0.381 e. The molecule has 0 saturated carbocycles. The van der Waals surface area contributed by atoms with E-state index in [4.69, 9.17) is 4.74 Å². The first-order valence-corrected chi connectivity index (χ1v) is 10.8. The van der Waals surface area contributed by atoms with Crippen molar-refractivity contribution in [2.24, 2.45) is 5.92 Å². The number of nitrogens with one attached hydrogen (secondary N) is 2. The van der Waals surface area contributed by atoms with Crippen LogP contribution in [0.1, 0.15) is 30.6 Å². The van der Waals surface area contributed by atoms with Crippen LogP contribution >= 0.6 is 11.3 Å². The molecule has 0 bridgehead atoms. The van der Waals surface area contributed by atoms with Gasteiger partial charge in [0.05, 0.1) is 0 Å². The Bertz CT molecular complexity index is 785.